The number of pyridine rings is 1. The largest absolute Gasteiger partial charge is 0.464 e. The number of ether oxygens (including phenoxy) is 1. The van der Waals surface area contributed by atoms with Crippen molar-refractivity contribution >= 4 is 17.3 Å². The van der Waals surface area contributed by atoms with E-state index < -0.39 is 0 Å². The maximum absolute atomic E-state index is 6.28. The summed E-state index contributed by atoms with van der Waals surface area (Å²) < 4.78 is 12.1. The molecule has 2 aromatic heterocycles. The standard InChI is InChI=1S/C20H16ClN3O2/c1-12-2-4-19(25-12)16-11-17-15-10-14(21)3-5-18(15)26-20(24(17)23-16)13-6-8-22-9-7-13/h2-10,17,20H,11H2,1H3/t17-,20-/m1/s1. The second kappa shape index (κ2) is 5.88. The van der Waals surface area contributed by atoms with Crippen LogP contribution < -0.4 is 4.74 Å². The lowest BCUT2D eigenvalue weighted by Gasteiger charge is -2.38. The van der Waals surface area contributed by atoms with Crippen LogP contribution >= 0.6 is 11.6 Å². The Balaban J connectivity index is 1.61. The molecule has 0 spiro atoms. The molecule has 0 saturated carbocycles. The van der Waals surface area contributed by atoms with Gasteiger partial charge in [-0.25, -0.2) is 5.01 Å². The lowest BCUT2D eigenvalue weighted by molar-refractivity contribution is -0.0190. The summed E-state index contributed by atoms with van der Waals surface area (Å²) in [6.07, 6.45) is 3.96. The number of hydrazone groups is 1. The zero-order valence-electron chi connectivity index (χ0n) is 14.1. The Bertz CT molecular complexity index is 999. The highest BCUT2D eigenvalue weighted by atomic mass is 35.5. The summed E-state index contributed by atoms with van der Waals surface area (Å²) in [5.41, 5.74) is 2.97. The van der Waals surface area contributed by atoms with E-state index >= 15 is 0 Å². The highest BCUT2D eigenvalue weighted by Gasteiger charge is 2.41. The second-order valence-corrected chi connectivity index (χ2v) is 6.93. The third-order valence-electron chi connectivity index (χ3n) is 4.77. The number of hydrogen-bond donors (Lipinski definition) is 0. The van der Waals surface area contributed by atoms with Crippen molar-refractivity contribution in [2.75, 3.05) is 0 Å². The average Bonchev–Trinajstić information content (AvgIpc) is 3.28. The van der Waals surface area contributed by atoms with Crippen molar-refractivity contribution in [3.05, 3.63) is 82.5 Å². The van der Waals surface area contributed by atoms with Crippen LogP contribution in [0.3, 0.4) is 0 Å². The van der Waals surface area contributed by atoms with Gasteiger partial charge in [-0.1, -0.05) is 11.6 Å². The molecular formula is C20H16ClN3O2. The molecule has 2 atom stereocenters. The highest BCUT2D eigenvalue weighted by Crippen LogP contribution is 2.48. The number of furan rings is 1. The Labute approximate surface area is 155 Å². The Morgan fingerprint density at radius 1 is 1.12 bits per heavy atom. The number of hydrogen-bond acceptors (Lipinski definition) is 5. The molecule has 0 radical (unpaired) electrons. The molecule has 0 amide bonds. The van der Waals surface area contributed by atoms with Crippen molar-refractivity contribution in [2.24, 2.45) is 5.10 Å². The molecule has 4 heterocycles. The molecule has 0 aliphatic carbocycles. The number of fused-ring (bicyclic) bond motifs is 3. The summed E-state index contributed by atoms with van der Waals surface area (Å²) in [4.78, 5) is 4.10. The first-order chi connectivity index (χ1) is 12.7. The summed E-state index contributed by atoms with van der Waals surface area (Å²) in [6, 6.07) is 13.6. The molecule has 2 aliphatic heterocycles. The van der Waals surface area contributed by atoms with Crippen LogP contribution in [0.4, 0.5) is 0 Å². The number of aromatic nitrogens is 1. The van der Waals surface area contributed by atoms with E-state index in [1.54, 1.807) is 12.4 Å². The van der Waals surface area contributed by atoms with Gasteiger partial charge in [0.2, 0.25) is 6.23 Å². The number of nitrogens with zero attached hydrogens (tertiary/aromatic N) is 3. The van der Waals surface area contributed by atoms with Gasteiger partial charge in [0.05, 0.1) is 6.04 Å². The quantitative estimate of drug-likeness (QED) is 0.649. The van der Waals surface area contributed by atoms with Crippen LogP contribution in [0.25, 0.3) is 0 Å². The van der Waals surface area contributed by atoms with Gasteiger partial charge in [-0.3, -0.25) is 4.98 Å². The minimum atomic E-state index is -0.315. The molecular weight excluding hydrogens is 350 g/mol. The molecule has 3 aromatic rings. The van der Waals surface area contributed by atoms with E-state index in [1.165, 1.54) is 0 Å². The minimum absolute atomic E-state index is 0.0519. The normalized spacial score (nSPS) is 21.0. The van der Waals surface area contributed by atoms with Crippen LogP contribution in [0.2, 0.25) is 5.02 Å². The summed E-state index contributed by atoms with van der Waals surface area (Å²) in [5.74, 6) is 2.51. The summed E-state index contributed by atoms with van der Waals surface area (Å²) >= 11 is 6.24. The fourth-order valence-corrected chi connectivity index (χ4v) is 3.73. The Kier molecular flexibility index (Phi) is 3.50. The molecule has 6 heteroatoms. The lowest BCUT2D eigenvalue weighted by atomic mass is 9.97. The van der Waals surface area contributed by atoms with Crippen molar-refractivity contribution < 1.29 is 9.15 Å². The molecule has 1 aromatic carbocycles. The van der Waals surface area contributed by atoms with Crippen molar-refractivity contribution in [1.82, 2.24) is 9.99 Å². The zero-order valence-corrected chi connectivity index (χ0v) is 14.8. The monoisotopic (exact) mass is 365 g/mol. The minimum Gasteiger partial charge on any atom is -0.464 e. The number of benzene rings is 1. The summed E-state index contributed by atoms with van der Waals surface area (Å²) in [5, 5.41) is 7.54. The fourth-order valence-electron chi connectivity index (χ4n) is 3.54. The number of aryl methyl sites for hydroxylation is 1. The van der Waals surface area contributed by atoms with Crippen molar-refractivity contribution in [3.8, 4) is 5.75 Å². The molecule has 130 valence electrons. The van der Waals surface area contributed by atoms with E-state index in [0.29, 0.717) is 5.02 Å². The molecule has 2 aliphatic rings. The molecule has 0 N–H and O–H groups in total. The summed E-state index contributed by atoms with van der Waals surface area (Å²) in [6.45, 7) is 1.93. The van der Waals surface area contributed by atoms with E-state index in [9.17, 15) is 0 Å². The van der Waals surface area contributed by atoms with Crippen molar-refractivity contribution in [1.29, 1.82) is 0 Å². The average molecular weight is 366 g/mol. The van der Waals surface area contributed by atoms with Gasteiger partial charge in [-0.2, -0.15) is 5.10 Å². The maximum atomic E-state index is 6.28. The van der Waals surface area contributed by atoms with Crippen LogP contribution in [0, 0.1) is 6.92 Å². The van der Waals surface area contributed by atoms with Gasteiger partial charge in [0, 0.05) is 35.0 Å². The van der Waals surface area contributed by atoms with Gasteiger partial charge in [-0.05, 0) is 49.4 Å². The molecule has 5 rings (SSSR count). The smallest absolute Gasteiger partial charge is 0.213 e. The highest BCUT2D eigenvalue weighted by molar-refractivity contribution is 6.30. The molecule has 5 nitrogen and oxygen atoms in total. The molecule has 26 heavy (non-hydrogen) atoms. The Morgan fingerprint density at radius 3 is 2.73 bits per heavy atom. The van der Waals surface area contributed by atoms with Crippen molar-refractivity contribution in [3.63, 3.8) is 0 Å². The fraction of sp³-hybridized carbons (Fsp3) is 0.200. The van der Waals surface area contributed by atoms with Gasteiger partial charge < -0.3 is 9.15 Å². The van der Waals surface area contributed by atoms with E-state index in [1.807, 2.05) is 54.4 Å². The van der Waals surface area contributed by atoms with E-state index in [4.69, 9.17) is 25.9 Å². The van der Waals surface area contributed by atoms with Gasteiger partial charge >= 0.3 is 0 Å². The van der Waals surface area contributed by atoms with Crippen molar-refractivity contribution in [2.45, 2.75) is 25.6 Å². The number of halogens is 1. The third-order valence-corrected chi connectivity index (χ3v) is 5.00. The third kappa shape index (κ3) is 2.47. The van der Waals surface area contributed by atoms with Gasteiger partial charge in [0.15, 0.2) is 0 Å². The maximum Gasteiger partial charge on any atom is 0.213 e. The van der Waals surface area contributed by atoms with Gasteiger partial charge in [-0.15, -0.1) is 0 Å². The van der Waals surface area contributed by atoms with E-state index in [2.05, 4.69) is 4.98 Å². The topological polar surface area (TPSA) is 50.9 Å². The van der Waals surface area contributed by atoms with Crippen LogP contribution in [-0.4, -0.2) is 15.7 Å². The van der Waals surface area contributed by atoms with E-state index in [0.717, 1.165) is 40.5 Å². The molecule has 0 saturated heterocycles. The van der Waals surface area contributed by atoms with Gasteiger partial charge in [0.1, 0.15) is 23.0 Å². The second-order valence-electron chi connectivity index (χ2n) is 6.49. The molecule has 0 fully saturated rings. The van der Waals surface area contributed by atoms with Crippen LogP contribution in [-0.2, 0) is 0 Å². The lowest BCUT2D eigenvalue weighted by Crippen LogP contribution is -2.33. The SMILES string of the molecule is Cc1ccc(C2=NN3[C@H](C2)c2cc(Cl)ccc2O[C@@H]3c2ccncc2)o1. The van der Waals surface area contributed by atoms with Gasteiger partial charge in [0.25, 0.3) is 0 Å². The Hall–Kier alpha value is -2.79. The predicted molar refractivity (Wildman–Crippen MR) is 98.2 cm³/mol. The molecule has 0 unspecified atom stereocenters. The van der Waals surface area contributed by atoms with Crippen LogP contribution in [0.5, 0.6) is 5.75 Å². The first-order valence-electron chi connectivity index (χ1n) is 8.48. The van der Waals surface area contributed by atoms with E-state index in [-0.39, 0.29) is 12.3 Å². The van der Waals surface area contributed by atoms with Crippen LogP contribution in [0.15, 0.2) is 64.4 Å². The predicted octanol–water partition coefficient (Wildman–Crippen LogP) is 4.88. The van der Waals surface area contributed by atoms with Crippen LogP contribution in [0.1, 0.15) is 41.3 Å². The Morgan fingerprint density at radius 2 is 1.96 bits per heavy atom. The first kappa shape index (κ1) is 15.5. The first-order valence-corrected chi connectivity index (χ1v) is 8.85. The number of rotatable bonds is 2. The zero-order chi connectivity index (χ0) is 17.7. The molecule has 0 bridgehead atoms. The summed E-state index contributed by atoms with van der Waals surface area (Å²) in [7, 11) is 0.